The fourth-order valence-corrected chi connectivity index (χ4v) is 9.28. The molecule has 0 aromatic heterocycles. The van der Waals surface area contributed by atoms with E-state index in [1.807, 2.05) is 42.5 Å². The van der Waals surface area contributed by atoms with Crippen molar-refractivity contribution in [2.45, 2.75) is 6.92 Å². The monoisotopic (exact) mass is 388 g/mol. The smallest absolute Gasteiger partial charge is 0.318 e. The molecule has 3 aromatic rings. The van der Waals surface area contributed by atoms with Gasteiger partial charge in [-0.2, -0.15) is 0 Å². The van der Waals surface area contributed by atoms with Crippen LogP contribution >= 0.6 is 7.14 Å². The van der Waals surface area contributed by atoms with Crippen LogP contribution in [0.15, 0.2) is 91.0 Å². The van der Waals surface area contributed by atoms with Crippen molar-refractivity contribution in [3.8, 4) is 0 Å². The van der Waals surface area contributed by atoms with Crippen LogP contribution in [0.5, 0.6) is 0 Å². The van der Waals surface area contributed by atoms with Crippen LogP contribution in [0.4, 0.5) is 0 Å². The molecular formula is C26H22LiOP+. The minimum absolute atomic E-state index is 0. The third kappa shape index (κ3) is 2.95. The first kappa shape index (κ1) is 20.5. The van der Waals surface area contributed by atoms with Gasteiger partial charge in [0.05, 0.1) is 5.66 Å². The number of allylic oxidation sites excluding steroid dienone is 1. The zero-order chi connectivity index (χ0) is 19.4. The van der Waals surface area contributed by atoms with E-state index >= 15 is 0 Å². The van der Waals surface area contributed by atoms with Gasteiger partial charge < -0.3 is 4.57 Å². The second-order valence-electron chi connectivity index (χ2n) is 7.88. The number of rotatable bonds is 3. The maximum atomic E-state index is 14.7. The first-order valence-corrected chi connectivity index (χ1v) is 11.5. The molecule has 0 amide bonds. The summed E-state index contributed by atoms with van der Waals surface area (Å²) < 4.78 is 14.7. The molecule has 3 radical (unpaired) electrons. The summed E-state index contributed by atoms with van der Waals surface area (Å²) in [6.07, 6.45) is 0.636. The molecule has 1 fully saturated rings. The van der Waals surface area contributed by atoms with E-state index in [0.717, 1.165) is 33.6 Å². The summed E-state index contributed by atoms with van der Waals surface area (Å²) in [6, 6.07) is 30.8. The summed E-state index contributed by atoms with van der Waals surface area (Å²) >= 11 is 0. The molecule has 2 bridgehead atoms. The Morgan fingerprint density at radius 2 is 1.21 bits per heavy atom. The molecule has 0 aliphatic carbocycles. The Balaban J connectivity index is 0.00000205. The van der Waals surface area contributed by atoms with Crippen molar-refractivity contribution < 1.29 is 23.4 Å². The van der Waals surface area contributed by atoms with Crippen molar-refractivity contribution >= 4 is 18.0 Å². The predicted octanol–water partition coefficient (Wildman–Crippen LogP) is 3.94. The summed E-state index contributed by atoms with van der Waals surface area (Å²) in [5.74, 6) is 1.01. The summed E-state index contributed by atoms with van der Waals surface area (Å²) in [5.41, 5.74) is 5.10. The zero-order valence-electron chi connectivity index (χ0n) is 16.9. The zero-order valence-corrected chi connectivity index (χ0v) is 17.8. The molecule has 29 heavy (non-hydrogen) atoms. The quantitative estimate of drug-likeness (QED) is 0.491. The van der Waals surface area contributed by atoms with Gasteiger partial charge in [0.2, 0.25) is 0 Å². The third-order valence-electron chi connectivity index (χ3n) is 6.16. The van der Waals surface area contributed by atoms with Gasteiger partial charge in [-0.25, -0.2) is 0 Å². The topological polar surface area (TPSA) is 17.1 Å². The number of fused-ring (bicyclic) bond motifs is 2. The van der Waals surface area contributed by atoms with Crippen LogP contribution in [0.25, 0.3) is 10.9 Å². The average molecular weight is 388 g/mol. The fourth-order valence-electron chi connectivity index (χ4n) is 4.95. The van der Waals surface area contributed by atoms with E-state index in [0.29, 0.717) is 6.16 Å². The Labute approximate surface area is 185 Å². The molecule has 0 N–H and O–H groups in total. The summed E-state index contributed by atoms with van der Waals surface area (Å²) in [7, 11) is -2.79. The van der Waals surface area contributed by atoms with Gasteiger partial charge >= 0.3 is 18.9 Å². The van der Waals surface area contributed by atoms with E-state index in [2.05, 4.69) is 62.4 Å². The second kappa shape index (κ2) is 7.48. The Morgan fingerprint density at radius 1 is 0.759 bits per heavy atom. The SMILES string of the molecule is [CH2][C]1[C](c2ccccc2)P2(=O)CC1(C)C(c1ccccc1)=C2c1ccccc1.[Li+]. The summed E-state index contributed by atoms with van der Waals surface area (Å²) in [5, 5.41) is 1.02. The molecule has 2 heterocycles. The van der Waals surface area contributed by atoms with Crippen molar-refractivity contribution in [1.29, 1.82) is 0 Å². The molecule has 2 atom stereocenters. The molecule has 137 valence electrons. The molecule has 2 aliphatic rings. The van der Waals surface area contributed by atoms with E-state index in [-0.39, 0.29) is 24.3 Å². The normalized spacial score (nSPS) is 26.6. The molecule has 1 nitrogen and oxygen atoms in total. The van der Waals surface area contributed by atoms with Crippen molar-refractivity contribution in [2.75, 3.05) is 6.16 Å². The number of hydrogen-bond acceptors (Lipinski definition) is 1. The van der Waals surface area contributed by atoms with Crippen LogP contribution in [0.3, 0.4) is 0 Å². The third-order valence-corrected chi connectivity index (χ3v) is 9.69. The van der Waals surface area contributed by atoms with E-state index in [4.69, 9.17) is 0 Å². The maximum Gasteiger partial charge on any atom is 1.00 e. The van der Waals surface area contributed by atoms with Gasteiger partial charge in [-0.1, -0.05) is 97.9 Å². The van der Waals surface area contributed by atoms with Crippen LogP contribution in [-0.4, -0.2) is 6.16 Å². The van der Waals surface area contributed by atoms with Gasteiger partial charge in [0, 0.05) is 22.8 Å². The molecule has 0 spiro atoms. The molecule has 3 heteroatoms. The van der Waals surface area contributed by atoms with Crippen LogP contribution in [0, 0.1) is 23.9 Å². The maximum absolute atomic E-state index is 14.7. The second-order valence-corrected chi connectivity index (χ2v) is 10.6. The first-order chi connectivity index (χ1) is 13.6. The molecule has 0 saturated carbocycles. The minimum Gasteiger partial charge on any atom is -0.318 e. The molecule has 5 rings (SSSR count). The van der Waals surface area contributed by atoms with E-state index in [9.17, 15) is 4.57 Å². The number of hydrogen-bond donors (Lipinski definition) is 0. The van der Waals surface area contributed by atoms with Gasteiger partial charge in [0.25, 0.3) is 0 Å². The molecule has 3 aromatic carbocycles. The van der Waals surface area contributed by atoms with E-state index < -0.39 is 7.14 Å². The van der Waals surface area contributed by atoms with Crippen molar-refractivity contribution in [3.05, 3.63) is 126 Å². The van der Waals surface area contributed by atoms with Gasteiger partial charge in [-0.05, 0) is 29.2 Å². The van der Waals surface area contributed by atoms with Crippen molar-refractivity contribution in [1.82, 2.24) is 0 Å². The fraction of sp³-hybridized carbons (Fsp3) is 0.115. The summed E-state index contributed by atoms with van der Waals surface area (Å²) in [4.78, 5) is 0. The Morgan fingerprint density at radius 3 is 1.72 bits per heavy atom. The largest absolute Gasteiger partial charge is 1.00 e. The van der Waals surface area contributed by atoms with Crippen molar-refractivity contribution in [2.24, 2.45) is 5.41 Å². The van der Waals surface area contributed by atoms with Crippen molar-refractivity contribution in [3.63, 3.8) is 0 Å². The van der Waals surface area contributed by atoms with Crippen LogP contribution in [-0.2, 0) is 4.57 Å². The van der Waals surface area contributed by atoms with Crippen LogP contribution in [0.1, 0.15) is 23.6 Å². The standard InChI is InChI=1S/C26H22OP.Li/c1-19-24(21-14-8-4-9-15-21)28(27)18-26(19,2)23(20-12-6-3-7-13-20)25(28)22-16-10-5-11-17-22;/h3-17H,1,18H2,2H3;/q;+1. The average Bonchev–Trinajstić information content (AvgIpc) is 3.10. The summed E-state index contributed by atoms with van der Waals surface area (Å²) in [6.45, 7) is 6.69. The van der Waals surface area contributed by atoms with Gasteiger partial charge in [-0.15, -0.1) is 0 Å². The van der Waals surface area contributed by atoms with Gasteiger partial charge in [0.1, 0.15) is 7.14 Å². The van der Waals surface area contributed by atoms with E-state index in [1.165, 1.54) is 5.57 Å². The van der Waals surface area contributed by atoms with E-state index in [1.54, 1.807) is 0 Å². The Kier molecular flexibility index (Phi) is 5.29. The van der Waals surface area contributed by atoms with Crippen LogP contribution in [0.2, 0.25) is 0 Å². The predicted molar refractivity (Wildman–Crippen MR) is 118 cm³/mol. The minimum atomic E-state index is -2.79. The first-order valence-electron chi connectivity index (χ1n) is 9.64. The molecule has 1 saturated heterocycles. The Hall–Kier alpha value is -1.77. The van der Waals surface area contributed by atoms with Gasteiger partial charge in [-0.3, -0.25) is 0 Å². The number of benzene rings is 3. The molecule has 2 aliphatic heterocycles. The Bertz CT molecular complexity index is 1090. The van der Waals surface area contributed by atoms with Gasteiger partial charge in [0.15, 0.2) is 0 Å². The van der Waals surface area contributed by atoms with Crippen LogP contribution < -0.4 is 18.9 Å². The molecule has 2 unspecified atom stereocenters. The molecular weight excluding hydrogens is 366 g/mol.